The summed E-state index contributed by atoms with van der Waals surface area (Å²) < 4.78 is 1.57. The van der Waals surface area contributed by atoms with Gasteiger partial charge in [0.15, 0.2) is 0 Å². The molecular weight excluding hydrogens is 266 g/mol. The number of carbonyl (C=O) groups excluding carboxylic acids is 1. The van der Waals surface area contributed by atoms with E-state index in [1.165, 1.54) is 0 Å². The smallest absolute Gasteiger partial charge is 0.249 e. The van der Waals surface area contributed by atoms with Crippen LogP contribution >= 0.6 is 11.6 Å². The first-order valence-corrected chi connectivity index (χ1v) is 6.37. The van der Waals surface area contributed by atoms with Crippen molar-refractivity contribution in [2.45, 2.75) is 26.3 Å². The van der Waals surface area contributed by atoms with Crippen LogP contribution in [0.3, 0.4) is 0 Å². The first kappa shape index (κ1) is 13.5. The first-order chi connectivity index (χ1) is 9.19. The summed E-state index contributed by atoms with van der Waals surface area (Å²) in [5, 5.41) is 14.5. The third-order valence-corrected chi connectivity index (χ3v) is 2.75. The second kappa shape index (κ2) is 6.29. The molecule has 7 heteroatoms. The second-order valence-electron chi connectivity index (χ2n) is 4.08. The molecule has 0 unspecified atom stereocenters. The van der Waals surface area contributed by atoms with Crippen molar-refractivity contribution in [3.8, 4) is 0 Å². The number of rotatable bonds is 5. The van der Waals surface area contributed by atoms with E-state index in [-0.39, 0.29) is 12.3 Å². The van der Waals surface area contributed by atoms with Gasteiger partial charge in [-0.25, -0.2) is 4.68 Å². The number of nitrogens with zero attached hydrogens (tertiary/aromatic N) is 4. The van der Waals surface area contributed by atoms with E-state index < -0.39 is 0 Å². The van der Waals surface area contributed by atoms with Crippen molar-refractivity contribution in [2.24, 2.45) is 0 Å². The number of tetrazole rings is 1. The highest BCUT2D eigenvalue weighted by atomic mass is 35.5. The van der Waals surface area contributed by atoms with Crippen LogP contribution < -0.4 is 5.32 Å². The maximum atomic E-state index is 11.9. The Bertz CT molecular complexity index is 552. The van der Waals surface area contributed by atoms with E-state index in [9.17, 15) is 4.79 Å². The van der Waals surface area contributed by atoms with Crippen LogP contribution in [0, 0.1) is 0 Å². The van der Waals surface area contributed by atoms with Gasteiger partial charge in [-0.2, -0.15) is 0 Å². The van der Waals surface area contributed by atoms with Crippen LogP contribution in [0.1, 0.15) is 18.9 Å². The average Bonchev–Trinajstić information content (AvgIpc) is 2.80. The molecule has 2 aromatic rings. The summed E-state index contributed by atoms with van der Waals surface area (Å²) in [5.74, 6) is 0.218. The van der Waals surface area contributed by atoms with Crippen LogP contribution in [0.4, 0.5) is 5.95 Å². The highest BCUT2D eigenvalue weighted by Crippen LogP contribution is 2.10. The van der Waals surface area contributed by atoms with Gasteiger partial charge in [0, 0.05) is 11.6 Å². The molecule has 0 bridgehead atoms. The van der Waals surface area contributed by atoms with Gasteiger partial charge in [0.05, 0.1) is 6.42 Å². The fourth-order valence-electron chi connectivity index (χ4n) is 1.61. The van der Waals surface area contributed by atoms with E-state index >= 15 is 0 Å². The van der Waals surface area contributed by atoms with Gasteiger partial charge in [-0.15, -0.1) is 0 Å². The summed E-state index contributed by atoms with van der Waals surface area (Å²) in [6.07, 6.45) is 1.15. The molecule has 1 heterocycles. The minimum atomic E-state index is -0.158. The number of anilines is 1. The lowest BCUT2D eigenvalue weighted by Gasteiger charge is -2.05. The van der Waals surface area contributed by atoms with Crippen molar-refractivity contribution in [1.29, 1.82) is 0 Å². The summed E-state index contributed by atoms with van der Waals surface area (Å²) >= 11 is 5.79. The van der Waals surface area contributed by atoms with E-state index in [1.54, 1.807) is 16.8 Å². The molecule has 0 saturated carbocycles. The van der Waals surface area contributed by atoms with Gasteiger partial charge in [0.25, 0.3) is 0 Å². The molecule has 0 saturated heterocycles. The van der Waals surface area contributed by atoms with Crippen molar-refractivity contribution in [3.05, 3.63) is 34.9 Å². The molecule has 0 spiro atoms. The molecule has 1 amide bonds. The van der Waals surface area contributed by atoms with Crippen molar-refractivity contribution in [1.82, 2.24) is 20.2 Å². The molecule has 2 rings (SSSR count). The number of hydrogen-bond donors (Lipinski definition) is 1. The quantitative estimate of drug-likeness (QED) is 0.907. The van der Waals surface area contributed by atoms with Gasteiger partial charge >= 0.3 is 0 Å². The number of amides is 1. The van der Waals surface area contributed by atoms with Gasteiger partial charge in [-0.05, 0) is 34.5 Å². The highest BCUT2D eigenvalue weighted by molar-refractivity contribution is 6.30. The number of halogens is 1. The maximum absolute atomic E-state index is 11.9. The molecule has 0 radical (unpaired) electrons. The molecule has 0 aliphatic carbocycles. The fourth-order valence-corrected chi connectivity index (χ4v) is 1.74. The van der Waals surface area contributed by atoms with Crippen molar-refractivity contribution < 1.29 is 4.79 Å². The summed E-state index contributed by atoms with van der Waals surface area (Å²) in [6.45, 7) is 2.69. The number of nitrogens with one attached hydrogen (secondary N) is 1. The number of aromatic nitrogens is 4. The highest BCUT2D eigenvalue weighted by Gasteiger charge is 2.10. The molecule has 0 atom stereocenters. The second-order valence-corrected chi connectivity index (χ2v) is 4.51. The molecule has 0 fully saturated rings. The summed E-state index contributed by atoms with van der Waals surface area (Å²) in [7, 11) is 0. The third-order valence-electron chi connectivity index (χ3n) is 2.50. The average molecular weight is 280 g/mol. The van der Waals surface area contributed by atoms with Gasteiger partial charge in [-0.3, -0.25) is 10.1 Å². The summed E-state index contributed by atoms with van der Waals surface area (Å²) in [4.78, 5) is 11.9. The van der Waals surface area contributed by atoms with Crippen molar-refractivity contribution in [3.63, 3.8) is 0 Å². The third kappa shape index (κ3) is 3.75. The van der Waals surface area contributed by atoms with Gasteiger partial charge < -0.3 is 0 Å². The largest absolute Gasteiger partial charge is 0.293 e. The van der Waals surface area contributed by atoms with Crippen molar-refractivity contribution in [2.75, 3.05) is 5.32 Å². The lowest BCUT2D eigenvalue weighted by atomic mass is 10.1. The molecule has 100 valence electrons. The Morgan fingerprint density at radius 2 is 2.11 bits per heavy atom. The minimum Gasteiger partial charge on any atom is -0.293 e. The number of carbonyl (C=O) groups is 1. The number of aryl methyl sites for hydroxylation is 1. The number of hydrogen-bond acceptors (Lipinski definition) is 4. The van der Waals surface area contributed by atoms with Crippen LogP contribution in [-0.2, 0) is 17.8 Å². The van der Waals surface area contributed by atoms with Crippen LogP contribution in [-0.4, -0.2) is 26.1 Å². The van der Waals surface area contributed by atoms with Gasteiger partial charge in [0.2, 0.25) is 11.9 Å². The lowest BCUT2D eigenvalue weighted by Crippen LogP contribution is -2.18. The summed E-state index contributed by atoms with van der Waals surface area (Å²) in [6, 6.07) is 7.14. The van der Waals surface area contributed by atoms with Crippen LogP contribution in [0.2, 0.25) is 5.02 Å². The van der Waals surface area contributed by atoms with Gasteiger partial charge in [-0.1, -0.05) is 35.8 Å². The molecule has 0 aliphatic heterocycles. The molecule has 1 aromatic heterocycles. The Morgan fingerprint density at radius 1 is 1.37 bits per heavy atom. The Kier molecular flexibility index (Phi) is 4.46. The predicted molar refractivity (Wildman–Crippen MR) is 71.9 cm³/mol. The van der Waals surface area contributed by atoms with Crippen LogP contribution in [0.5, 0.6) is 0 Å². The monoisotopic (exact) mass is 279 g/mol. The standard InChI is InChI=1S/C12H14ClN5O/c1-2-7-18-12(15-16-17-18)14-11(19)8-9-3-5-10(13)6-4-9/h3-6H,2,7-8H2,1H3,(H,14,15,17,19). The zero-order valence-electron chi connectivity index (χ0n) is 10.5. The molecule has 6 nitrogen and oxygen atoms in total. The Hall–Kier alpha value is -1.95. The van der Waals surface area contributed by atoms with E-state index in [2.05, 4.69) is 20.8 Å². The van der Waals surface area contributed by atoms with E-state index in [0.29, 0.717) is 17.5 Å². The van der Waals surface area contributed by atoms with Gasteiger partial charge in [0.1, 0.15) is 0 Å². The normalized spacial score (nSPS) is 10.4. The first-order valence-electron chi connectivity index (χ1n) is 5.99. The van der Waals surface area contributed by atoms with Crippen molar-refractivity contribution >= 4 is 23.5 Å². The van der Waals surface area contributed by atoms with E-state index in [4.69, 9.17) is 11.6 Å². The fraction of sp³-hybridized carbons (Fsp3) is 0.333. The molecule has 0 aliphatic rings. The topological polar surface area (TPSA) is 72.7 Å². The Labute approximate surface area is 115 Å². The zero-order valence-corrected chi connectivity index (χ0v) is 11.3. The van der Waals surface area contributed by atoms with E-state index in [0.717, 1.165) is 12.0 Å². The minimum absolute atomic E-state index is 0.158. The predicted octanol–water partition coefficient (Wildman–Crippen LogP) is 1.92. The SMILES string of the molecule is CCCn1nnnc1NC(=O)Cc1ccc(Cl)cc1. The molecular formula is C12H14ClN5O. The van der Waals surface area contributed by atoms with E-state index in [1.807, 2.05) is 19.1 Å². The lowest BCUT2D eigenvalue weighted by molar-refractivity contribution is -0.115. The zero-order chi connectivity index (χ0) is 13.7. The molecule has 1 aromatic carbocycles. The molecule has 19 heavy (non-hydrogen) atoms. The number of benzene rings is 1. The van der Waals surface area contributed by atoms with Crippen LogP contribution in [0.25, 0.3) is 0 Å². The Morgan fingerprint density at radius 3 is 2.79 bits per heavy atom. The summed E-state index contributed by atoms with van der Waals surface area (Å²) in [5.41, 5.74) is 0.886. The Balaban J connectivity index is 1.97. The van der Waals surface area contributed by atoms with Crippen LogP contribution in [0.15, 0.2) is 24.3 Å². The maximum Gasteiger partial charge on any atom is 0.249 e. The molecule has 1 N–H and O–H groups in total.